The molecule has 0 unspecified atom stereocenters. The summed E-state index contributed by atoms with van der Waals surface area (Å²) in [5.41, 5.74) is 1.63. The van der Waals surface area contributed by atoms with Gasteiger partial charge >= 0.3 is 0 Å². The number of aliphatic imine (C=N–C) groups is 1. The van der Waals surface area contributed by atoms with Gasteiger partial charge in [0.25, 0.3) is 0 Å². The SMILES string of the molecule is CN=C(NCCN1CCCS1(=O)=O)NCc1ccc(S(C)(=O)=O)c(C)c1.I. The lowest BCUT2D eigenvalue weighted by Gasteiger charge is -2.17. The van der Waals surface area contributed by atoms with E-state index in [1.165, 1.54) is 10.6 Å². The van der Waals surface area contributed by atoms with Crippen LogP contribution in [0.5, 0.6) is 0 Å². The molecule has 1 aromatic carbocycles. The number of nitrogens with zero attached hydrogens (tertiary/aromatic N) is 2. The molecule has 154 valence electrons. The average Bonchev–Trinajstić information content (AvgIpc) is 2.88. The largest absolute Gasteiger partial charge is 0.355 e. The summed E-state index contributed by atoms with van der Waals surface area (Å²) in [6.45, 7) is 3.69. The van der Waals surface area contributed by atoms with Crippen LogP contribution in [0.3, 0.4) is 0 Å². The van der Waals surface area contributed by atoms with Crippen molar-refractivity contribution in [3.8, 4) is 0 Å². The number of hydrogen-bond donors (Lipinski definition) is 2. The first-order valence-corrected chi connectivity index (χ1v) is 11.9. The van der Waals surface area contributed by atoms with Crippen molar-refractivity contribution in [2.24, 2.45) is 4.99 Å². The van der Waals surface area contributed by atoms with Crippen LogP contribution in [-0.4, -0.2) is 65.8 Å². The van der Waals surface area contributed by atoms with Crippen LogP contribution in [0.2, 0.25) is 0 Å². The summed E-state index contributed by atoms with van der Waals surface area (Å²) in [4.78, 5) is 4.44. The zero-order valence-electron chi connectivity index (χ0n) is 15.7. The Kier molecular flexibility index (Phi) is 8.96. The molecule has 2 N–H and O–H groups in total. The molecule has 1 heterocycles. The smallest absolute Gasteiger partial charge is 0.214 e. The van der Waals surface area contributed by atoms with Crippen LogP contribution in [0.25, 0.3) is 0 Å². The maximum absolute atomic E-state index is 11.8. The van der Waals surface area contributed by atoms with Crippen molar-refractivity contribution in [1.29, 1.82) is 0 Å². The number of nitrogens with one attached hydrogen (secondary N) is 2. The summed E-state index contributed by atoms with van der Waals surface area (Å²) in [6, 6.07) is 5.20. The molecule has 27 heavy (non-hydrogen) atoms. The van der Waals surface area contributed by atoms with Crippen molar-refractivity contribution in [3.05, 3.63) is 29.3 Å². The Balaban J connectivity index is 0.00000364. The second-order valence-electron chi connectivity index (χ2n) is 6.29. The van der Waals surface area contributed by atoms with Gasteiger partial charge in [0.2, 0.25) is 10.0 Å². The van der Waals surface area contributed by atoms with Gasteiger partial charge in [-0.1, -0.05) is 12.1 Å². The molecule has 1 aliphatic rings. The first kappa shape index (κ1) is 24.1. The van der Waals surface area contributed by atoms with Gasteiger partial charge in [0.05, 0.1) is 10.6 Å². The number of aryl methyl sites for hydroxylation is 1. The van der Waals surface area contributed by atoms with Crippen LogP contribution in [0.1, 0.15) is 17.5 Å². The number of sulfonamides is 1. The lowest BCUT2D eigenvalue weighted by molar-refractivity contribution is 0.445. The van der Waals surface area contributed by atoms with E-state index >= 15 is 0 Å². The molecule has 0 atom stereocenters. The molecule has 0 aliphatic carbocycles. The van der Waals surface area contributed by atoms with Gasteiger partial charge in [-0.15, -0.1) is 24.0 Å². The number of rotatable bonds is 6. The van der Waals surface area contributed by atoms with Crippen LogP contribution < -0.4 is 10.6 Å². The molecule has 0 radical (unpaired) electrons. The highest BCUT2D eigenvalue weighted by molar-refractivity contribution is 14.0. The van der Waals surface area contributed by atoms with Crippen molar-refractivity contribution >= 4 is 49.8 Å². The van der Waals surface area contributed by atoms with E-state index in [0.717, 1.165) is 5.56 Å². The number of halogens is 1. The minimum absolute atomic E-state index is 0. The first-order valence-electron chi connectivity index (χ1n) is 8.35. The molecule has 11 heteroatoms. The molecule has 8 nitrogen and oxygen atoms in total. The van der Waals surface area contributed by atoms with E-state index in [1.54, 1.807) is 26.1 Å². The van der Waals surface area contributed by atoms with Gasteiger partial charge in [-0.25, -0.2) is 21.1 Å². The lowest BCUT2D eigenvalue weighted by Crippen LogP contribution is -2.41. The summed E-state index contributed by atoms with van der Waals surface area (Å²) < 4.78 is 48.3. The van der Waals surface area contributed by atoms with Gasteiger partial charge < -0.3 is 10.6 Å². The van der Waals surface area contributed by atoms with Crippen LogP contribution >= 0.6 is 24.0 Å². The third kappa shape index (κ3) is 6.88. The average molecular weight is 530 g/mol. The molecule has 2 rings (SSSR count). The van der Waals surface area contributed by atoms with Crippen molar-refractivity contribution in [1.82, 2.24) is 14.9 Å². The summed E-state index contributed by atoms with van der Waals surface area (Å²) in [6.07, 6.45) is 1.87. The predicted molar refractivity (Wildman–Crippen MR) is 118 cm³/mol. The summed E-state index contributed by atoms with van der Waals surface area (Å²) in [7, 11) is -4.67. The van der Waals surface area contributed by atoms with Crippen molar-refractivity contribution in [2.75, 3.05) is 38.7 Å². The molecule has 1 aliphatic heterocycles. The molecule has 0 spiro atoms. The fourth-order valence-electron chi connectivity index (χ4n) is 2.89. The van der Waals surface area contributed by atoms with E-state index in [2.05, 4.69) is 15.6 Å². The van der Waals surface area contributed by atoms with E-state index in [1.807, 2.05) is 6.07 Å². The fraction of sp³-hybridized carbons (Fsp3) is 0.562. The third-order valence-corrected chi connectivity index (χ3v) is 7.39. The van der Waals surface area contributed by atoms with Gasteiger partial charge in [-0.05, 0) is 30.5 Å². The number of sulfone groups is 1. The van der Waals surface area contributed by atoms with Crippen molar-refractivity contribution < 1.29 is 16.8 Å². The number of hydrogen-bond acceptors (Lipinski definition) is 5. The first-order chi connectivity index (χ1) is 12.1. The molecular weight excluding hydrogens is 503 g/mol. The second kappa shape index (κ2) is 10.0. The lowest BCUT2D eigenvalue weighted by atomic mass is 10.1. The van der Waals surface area contributed by atoms with Gasteiger partial charge in [0, 0.05) is 39.5 Å². The van der Waals surface area contributed by atoms with Crippen LogP contribution in [0.15, 0.2) is 28.1 Å². The van der Waals surface area contributed by atoms with Crippen molar-refractivity contribution in [3.63, 3.8) is 0 Å². The Morgan fingerprint density at radius 1 is 1.30 bits per heavy atom. The highest BCUT2D eigenvalue weighted by atomic mass is 127. The van der Waals surface area contributed by atoms with E-state index in [4.69, 9.17) is 0 Å². The zero-order chi connectivity index (χ0) is 19.4. The van der Waals surface area contributed by atoms with Gasteiger partial charge in [-0.2, -0.15) is 0 Å². The molecule has 0 bridgehead atoms. The molecule has 1 aromatic rings. The minimum Gasteiger partial charge on any atom is -0.355 e. The number of benzene rings is 1. The maximum Gasteiger partial charge on any atom is 0.214 e. The predicted octanol–water partition coefficient (Wildman–Crippen LogP) is 0.717. The molecular formula is C16H27IN4O4S2. The van der Waals surface area contributed by atoms with Crippen LogP contribution in [-0.2, 0) is 26.4 Å². The molecule has 1 saturated heterocycles. The highest BCUT2D eigenvalue weighted by Crippen LogP contribution is 2.16. The Bertz CT molecular complexity index is 886. The standard InChI is InChI=1S/C16H26N4O4S2.HI/c1-13-11-14(5-6-15(13)25(3,21)22)12-19-16(17-2)18-7-9-20-8-4-10-26(20,23)24;/h5-6,11H,4,7-10,12H2,1-3H3,(H2,17,18,19);1H. The fourth-order valence-corrected chi connectivity index (χ4v) is 5.37. The summed E-state index contributed by atoms with van der Waals surface area (Å²) in [5, 5.41) is 6.23. The Morgan fingerprint density at radius 2 is 2.00 bits per heavy atom. The minimum atomic E-state index is -3.23. The van der Waals surface area contributed by atoms with Gasteiger partial charge in [-0.3, -0.25) is 4.99 Å². The van der Waals surface area contributed by atoms with Gasteiger partial charge in [0.15, 0.2) is 15.8 Å². The molecule has 0 amide bonds. The van der Waals surface area contributed by atoms with Crippen LogP contribution in [0, 0.1) is 6.92 Å². The Hall–Kier alpha value is -0.920. The normalized spacial score (nSPS) is 17.4. The Labute approximate surface area is 178 Å². The zero-order valence-corrected chi connectivity index (χ0v) is 19.7. The van der Waals surface area contributed by atoms with E-state index < -0.39 is 19.9 Å². The van der Waals surface area contributed by atoms with Crippen molar-refractivity contribution in [2.45, 2.75) is 24.8 Å². The monoisotopic (exact) mass is 530 g/mol. The maximum atomic E-state index is 11.8. The summed E-state index contributed by atoms with van der Waals surface area (Å²) >= 11 is 0. The highest BCUT2D eigenvalue weighted by Gasteiger charge is 2.27. The Morgan fingerprint density at radius 3 is 2.52 bits per heavy atom. The third-order valence-electron chi connectivity index (χ3n) is 4.18. The summed E-state index contributed by atoms with van der Waals surface area (Å²) in [5.74, 6) is 0.787. The molecule has 0 saturated carbocycles. The van der Waals surface area contributed by atoms with Gasteiger partial charge in [0.1, 0.15) is 0 Å². The van der Waals surface area contributed by atoms with E-state index in [-0.39, 0.29) is 29.7 Å². The van der Waals surface area contributed by atoms with E-state index in [9.17, 15) is 16.8 Å². The molecule has 1 fully saturated rings. The van der Waals surface area contributed by atoms with Crippen LogP contribution in [0.4, 0.5) is 0 Å². The van der Waals surface area contributed by atoms with E-state index in [0.29, 0.717) is 49.0 Å². The second-order valence-corrected chi connectivity index (χ2v) is 10.4. The quantitative estimate of drug-likeness (QED) is 0.319. The topological polar surface area (TPSA) is 108 Å². The number of guanidine groups is 1. The molecule has 0 aromatic heterocycles.